The van der Waals surface area contributed by atoms with E-state index in [1.165, 1.54) is 0 Å². The second-order valence-electron chi connectivity index (χ2n) is 7.53. The largest absolute Gasteiger partial charge is 0.391 e. The highest BCUT2D eigenvalue weighted by Gasteiger charge is 2.46. The van der Waals surface area contributed by atoms with Crippen molar-refractivity contribution in [3.8, 4) is 0 Å². The summed E-state index contributed by atoms with van der Waals surface area (Å²) in [5, 5.41) is 0. The Morgan fingerprint density at radius 3 is 2.30 bits per heavy atom. The fraction of sp³-hybridized carbons (Fsp3) is 0.941. The van der Waals surface area contributed by atoms with Crippen molar-refractivity contribution >= 4 is 5.91 Å². The zero-order chi connectivity index (χ0) is 16.6. The number of likely N-dealkylation sites (N-methyl/N-ethyl adjacent to an activating group) is 1. The van der Waals surface area contributed by atoms with Crippen LogP contribution < -0.4 is 0 Å². The van der Waals surface area contributed by atoms with Gasteiger partial charge >= 0.3 is 6.18 Å². The average Bonchev–Trinajstić information content (AvgIpc) is 3.14. The maximum Gasteiger partial charge on any atom is 0.391 e. The number of hydrogen-bond acceptors (Lipinski definition) is 2. The molecule has 0 bridgehead atoms. The molecule has 0 aromatic rings. The predicted octanol–water partition coefficient (Wildman–Crippen LogP) is 3.44. The molecule has 132 valence electrons. The van der Waals surface area contributed by atoms with E-state index in [0.717, 1.165) is 38.8 Å². The lowest BCUT2D eigenvalue weighted by atomic mass is 9.80. The van der Waals surface area contributed by atoms with Crippen LogP contribution in [0, 0.1) is 11.8 Å². The number of halogens is 3. The quantitative estimate of drug-likeness (QED) is 0.773. The number of likely N-dealkylation sites (tertiary alicyclic amines) is 2. The van der Waals surface area contributed by atoms with E-state index in [1.54, 1.807) is 0 Å². The highest BCUT2D eigenvalue weighted by Crippen LogP contribution is 2.41. The van der Waals surface area contributed by atoms with E-state index in [2.05, 4.69) is 11.9 Å². The lowest BCUT2D eigenvalue weighted by Crippen LogP contribution is -2.49. The highest BCUT2D eigenvalue weighted by atomic mass is 19.4. The third-order valence-electron chi connectivity index (χ3n) is 6.09. The predicted molar refractivity (Wildman–Crippen MR) is 81.9 cm³/mol. The van der Waals surface area contributed by atoms with E-state index in [9.17, 15) is 18.0 Å². The van der Waals surface area contributed by atoms with Crippen LogP contribution in [0.3, 0.4) is 0 Å². The van der Waals surface area contributed by atoms with Gasteiger partial charge in [0.05, 0.1) is 5.92 Å². The van der Waals surface area contributed by atoms with E-state index in [1.807, 2.05) is 4.90 Å². The van der Waals surface area contributed by atoms with Gasteiger partial charge in [-0.05, 0) is 58.5 Å². The molecule has 0 aromatic heterocycles. The van der Waals surface area contributed by atoms with Crippen LogP contribution in [0.5, 0.6) is 0 Å². The molecule has 0 aromatic carbocycles. The Morgan fingerprint density at radius 1 is 0.957 bits per heavy atom. The summed E-state index contributed by atoms with van der Waals surface area (Å²) >= 11 is 0. The standard InChI is InChI=1S/C17H27F3N2O/c1-21-9-3-7-14(21)15-8-4-10-22(15)16(23)12-5-2-6-13(11-12)17(18,19)20/h12-15H,2-11H2,1H3. The first-order valence-electron chi connectivity index (χ1n) is 8.95. The summed E-state index contributed by atoms with van der Waals surface area (Å²) < 4.78 is 39.0. The Bertz CT molecular complexity index is 440. The molecule has 2 saturated heterocycles. The topological polar surface area (TPSA) is 23.6 Å². The van der Waals surface area contributed by atoms with Crippen LogP contribution in [-0.2, 0) is 4.79 Å². The van der Waals surface area contributed by atoms with Gasteiger partial charge in [-0.25, -0.2) is 0 Å². The lowest BCUT2D eigenvalue weighted by molar-refractivity contribution is -0.187. The Hall–Kier alpha value is -0.780. The second-order valence-corrected chi connectivity index (χ2v) is 7.53. The van der Waals surface area contributed by atoms with E-state index in [-0.39, 0.29) is 24.8 Å². The molecule has 1 saturated carbocycles. The average molecular weight is 332 g/mol. The van der Waals surface area contributed by atoms with Crippen LogP contribution in [0.25, 0.3) is 0 Å². The molecule has 3 rings (SSSR count). The smallest absolute Gasteiger partial charge is 0.338 e. The molecular formula is C17H27F3N2O. The summed E-state index contributed by atoms with van der Waals surface area (Å²) in [4.78, 5) is 17.1. The Balaban J connectivity index is 1.66. The summed E-state index contributed by atoms with van der Waals surface area (Å²) in [7, 11) is 2.10. The molecule has 6 heteroatoms. The van der Waals surface area contributed by atoms with Crippen LogP contribution in [0.2, 0.25) is 0 Å². The Labute approximate surface area is 136 Å². The molecule has 0 spiro atoms. The van der Waals surface area contributed by atoms with Crippen molar-refractivity contribution in [2.24, 2.45) is 11.8 Å². The van der Waals surface area contributed by atoms with Crippen LogP contribution in [0.1, 0.15) is 51.4 Å². The first kappa shape index (κ1) is 17.1. The summed E-state index contributed by atoms with van der Waals surface area (Å²) in [6, 6.07) is 0.602. The van der Waals surface area contributed by atoms with Gasteiger partial charge in [0.2, 0.25) is 5.91 Å². The number of carbonyl (C=O) groups excluding carboxylic acids is 1. The van der Waals surface area contributed by atoms with Gasteiger partial charge in [-0.15, -0.1) is 0 Å². The van der Waals surface area contributed by atoms with Gasteiger partial charge in [-0.3, -0.25) is 4.79 Å². The van der Waals surface area contributed by atoms with Gasteiger partial charge in [0.15, 0.2) is 0 Å². The Kier molecular flexibility index (Phi) is 4.90. The second kappa shape index (κ2) is 6.61. The first-order valence-corrected chi connectivity index (χ1v) is 8.95. The molecule has 23 heavy (non-hydrogen) atoms. The van der Waals surface area contributed by atoms with E-state index in [0.29, 0.717) is 18.9 Å². The number of carbonyl (C=O) groups is 1. The van der Waals surface area contributed by atoms with Crippen molar-refractivity contribution < 1.29 is 18.0 Å². The molecule has 1 aliphatic carbocycles. The van der Waals surface area contributed by atoms with Crippen LogP contribution >= 0.6 is 0 Å². The fourth-order valence-electron chi connectivity index (χ4n) is 4.83. The minimum absolute atomic E-state index is 0.00788. The van der Waals surface area contributed by atoms with Crippen molar-refractivity contribution in [3.63, 3.8) is 0 Å². The SMILES string of the molecule is CN1CCCC1C1CCCN1C(=O)C1CCCC(C(F)(F)F)C1. The molecule has 4 unspecified atom stereocenters. The van der Waals surface area contributed by atoms with Crippen molar-refractivity contribution in [3.05, 3.63) is 0 Å². The summed E-state index contributed by atoms with van der Waals surface area (Å²) in [5.74, 6) is -1.73. The molecule has 0 N–H and O–H groups in total. The summed E-state index contributed by atoms with van der Waals surface area (Å²) in [6.07, 6.45) is 1.38. The van der Waals surface area contributed by atoms with Crippen molar-refractivity contribution in [2.45, 2.75) is 69.6 Å². The maximum absolute atomic E-state index is 13.0. The zero-order valence-electron chi connectivity index (χ0n) is 13.8. The Morgan fingerprint density at radius 2 is 1.65 bits per heavy atom. The fourth-order valence-corrected chi connectivity index (χ4v) is 4.83. The number of amides is 1. The third kappa shape index (κ3) is 3.52. The van der Waals surface area contributed by atoms with Gasteiger partial charge < -0.3 is 9.80 Å². The molecule has 1 amide bonds. The molecular weight excluding hydrogens is 305 g/mol. The number of nitrogens with zero attached hydrogens (tertiary/aromatic N) is 2. The van der Waals surface area contributed by atoms with Gasteiger partial charge in [-0.1, -0.05) is 6.42 Å². The van der Waals surface area contributed by atoms with Crippen LogP contribution in [0.15, 0.2) is 0 Å². The molecule has 3 aliphatic rings. The van der Waals surface area contributed by atoms with Crippen molar-refractivity contribution in [1.29, 1.82) is 0 Å². The summed E-state index contributed by atoms with van der Waals surface area (Å²) in [6.45, 7) is 1.78. The number of rotatable bonds is 2. The molecule has 3 fully saturated rings. The maximum atomic E-state index is 13.0. The molecule has 2 heterocycles. The molecule has 3 nitrogen and oxygen atoms in total. The third-order valence-corrected chi connectivity index (χ3v) is 6.09. The van der Waals surface area contributed by atoms with Crippen LogP contribution in [0.4, 0.5) is 13.2 Å². The monoisotopic (exact) mass is 332 g/mol. The van der Waals surface area contributed by atoms with Crippen molar-refractivity contribution in [1.82, 2.24) is 9.80 Å². The van der Waals surface area contributed by atoms with E-state index >= 15 is 0 Å². The van der Waals surface area contributed by atoms with Crippen LogP contribution in [-0.4, -0.2) is 54.1 Å². The minimum Gasteiger partial charge on any atom is -0.338 e. The highest BCUT2D eigenvalue weighted by molar-refractivity contribution is 5.79. The van der Waals surface area contributed by atoms with Gasteiger partial charge in [0.1, 0.15) is 0 Å². The molecule has 4 atom stereocenters. The number of alkyl halides is 3. The van der Waals surface area contributed by atoms with Crippen molar-refractivity contribution in [2.75, 3.05) is 20.1 Å². The van der Waals surface area contributed by atoms with Gasteiger partial charge in [0, 0.05) is 24.5 Å². The molecule has 2 aliphatic heterocycles. The van der Waals surface area contributed by atoms with E-state index in [4.69, 9.17) is 0 Å². The summed E-state index contributed by atoms with van der Waals surface area (Å²) in [5.41, 5.74) is 0. The van der Waals surface area contributed by atoms with E-state index < -0.39 is 18.0 Å². The van der Waals surface area contributed by atoms with Gasteiger partial charge in [0.25, 0.3) is 0 Å². The molecule has 0 radical (unpaired) electrons. The van der Waals surface area contributed by atoms with Gasteiger partial charge in [-0.2, -0.15) is 13.2 Å². The lowest BCUT2D eigenvalue weighted by Gasteiger charge is -2.37. The first-order chi connectivity index (χ1) is 10.9. The number of hydrogen-bond donors (Lipinski definition) is 0. The normalized spacial score (nSPS) is 36.6. The zero-order valence-corrected chi connectivity index (χ0v) is 13.8. The minimum atomic E-state index is -4.16.